The highest BCUT2D eigenvalue weighted by molar-refractivity contribution is 5.76. The lowest BCUT2D eigenvalue weighted by Gasteiger charge is -2.18. The maximum absolute atomic E-state index is 13.0. The van der Waals surface area contributed by atoms with E-state index in [1.807, 2.05) is 18.2 Å². The van der Waals surface area contributed by atoms with Gasteiger partial charge in [-0.15, -0.1) is 0 Å². The monoisotopic (exact) mass is 398 g/mol. The Morgan fingerprint density at radius 1 is 1.10 bits per heavy atom. The molecule has 0 N–H and O–H groups in total. The van der Waals surface area contributed by atoms with Gasteiger partial charge in [0.2, 0.25) is 5.91 Å². The van der Waals surface area contributed by atoms with Gasteiger partial charge >= 0.3 is 0 Å². The van der Waals surface area contributed by atoms with Gasteiger partial charge in [0.05, 0.1) is 20.4 Å². The van der Waals surface area contributed by atoms with E-state index >= 15 is 0 Å². The molecule has 152 valence electrons. The third-order valence-corrected chi connectivity index (χ3v) is 4.53. The van der Waals surface area contributed by atoms with Gasteiger partial charge in [0.15, 0.2) is 23.1 Å². The van der Waals surface area contributed by atoms with Gasteiger partial charge in [-0.2, -0.15) is 0 Å². The molecule has 1 aromatic heterocycles. The normalized spacial score (nSPS) is 10.6. The molecule has 2 aromatic carbocycles. The maximum atomic E-state index is 13.0. The lowest BCUT2D eigenvalue weighted by Crippen LogP contribution is -2.26. The first-order chi connectivity index (χ1) is 14.0. The fourth-order valence-corrected chi connectivity index (χ4v) is 2.92. The maximum Gasteiger partial charge on any atom is 0.223 e. The highest BCUT2D eigenvalue weighted by Gasteiger charge is 2.14. The summed E-state index contributed by atoms with van der Waals surface area (Å²) in [5.74, 6) is 1.95. The van der Waals surface area contributed by atoms with Gasteiger partial charge in [0.25, 0.3) is 0 Å². The number of aryl methyl sites for hydroxylation is 1. The summed E-state index contributed by atoms with van der Waals surface area (Å²) in [6, 6.07) is 11.5. The summed E-state index contributed by atoms with van der Waals surface area (Å²) in [5.41, 5.74) is 1.68. The second-order valence-corrected chi connectivity index (χ2v) is 6.56. The molecule has 0 aliphatic rings. The molecule has 0 saturated heterocycles. The van der Waals surface area contributed by atoms with E-state index in [2.05, 4.69) is 4.98 Å². The van der Waals surface area contributed by atoms with Crippen molar-refractivity contribution in [3.8, 4) is 22.8 Å². The molecule has 6 nitrogen and oxygen atoms in total. The van der Waals surface area contributed by atoms with Gasteiger partial charge in [-0.25, -0.2) is 9.37 Å². The molecular formula is C22H23FN2O4. The Kier molecular flexibility index (Phi) is 6.49. The number of hydrogen-bond donors (Lipinski definition) is 0. The van der Waals surface area contributed by atoms with Gasteiger partial charge in [0.1, 0.15) is 5.82 Å². The van der Waals surface area contributed by atoms with Crippen LogP contribution in [0.5, 0.6) is 11.5 Å². The van der Waals surface area contributed by atoms with Crippen LogP contribution in [0.2, 0.25) is 0 Å². The molecule has 0 fully saturated rings. The Labute approximate surface area is 168 Å². The SMILES string of the molecule is COc1ccc(CN(C)C(=O)CCc2ncc(-c3ccc(F)cc3)o2)cc1OC. The number of carbonyl (C=O) groups is 1. The van der Waals surface area contributed by atoms with Crippen molar-refractivity contribution in [3.05, 3.63) is 65.9 Å². The Balaban J connectivity index is 1.56. The molecule has 0 spiro atoms. The lowest BCUT2D eigenvalue weighted by atomic mass is 10.2. The Morgan fingerprint density at radius 2 is 1.83 bits per heavy atom. The number of nitrogens with zero attached hydrogens (tertiary/aromatic N) is 2. The zero-order chi connectivity index (χ0) is 20.8. The summed E-state index contributed by atoms with van der Waals surface area (Å²) in [6.45, 7) is 0.450. The van der Waals surface area contributed by atoms with Crippen LogP contribution in [0.1, 0.15) is 17.9 Å². The van der Waals surface area contributed by atoms with Gasteiger partial charge in [-0.05, 0) is 42.0 Å². The van der Waals surface area contributed by atoms with Crippen molar-refractivity contribution < 1.29 is 23.1 Å². The van der Waals surface area contributed by atoms with E-state index in [-0.39, 0.29) is 18.1 Å². The molecule has 3 rings (SSSR count). The fourth-order valence-electron chi connectivity index (χ4n) is 2.92. The number of aromatic nitrogens is 1. The van der Waals surface area contributed by atoms with E-state index in [0.29, 0.717) is 36.1 Å². The van der Waals surface area contributed by atoms with E-state index in [0.717, 1.165) is 11.1 Å². The van der Waals surface area contributed by atoms with Crippen molar-refractivity contribution >= 4 is 5.91 Å². The summed E-state index contributed by atoms with van der Waals surface area (Å²) in [5, 5.41) is 0. The number of oxazole rings is 1. The minimum Gasteiger partial charge on any atom is -0.493 e. The zero-order valence-corrected chi connectivity index (χ0v) is 16.6. The third-order valence-electron chi connectivity index (χ3n) is 4.53. The van der Waals surface area contributed by atoms with E-state index < -0.39 is 0 Å². The van der Waals surface area contributed by atoms with E-state index in [1.165, 1.54) is 12.1 Å². The van der Waals surface area contributed by atoms with E-state index in [4.69, 9.17) is 13.9 Å². The number of halogens is 1. The number of carbonyl (C=O) groups excluding carboxylic acids is 1. The molecule has 1 heterocycles. The van der Waals surface area contributed by atoms with Crippen LogP contribution in [0, 0.1) is 5.82 Å². The van der Waals surface area contributed by atoms with Gasteiger partial charge < -0.3 is 18.8 Å². The van der Waals surface area contributed by atoms with Gasteiger partial charge in [-0.1, -0.05) is 6.07 Å². The van der Waals surface area contributed by atoms with Crippen LogP contribution in [0.25, 0.3) is 11.3 Å². The van der Waals surface area contributed by atoms with Crippen LogP contribution in [0.15, 0.2) is 53.1 Å². The number of ether oxygens (including phenoxy) is 2. The van der Waals surface area contributed by atoms with Crippen LogP contribution in [-0.4, -0.2) is 37.1 Å². The molecule has 1 amide bonds. The molecule has 0 bridgehead atoms. The molecule has 3 aromatic rings. The second kappa shape index (κ2) is 9.23. The van der Waals surface area contributed by atoms with Crippen molar-refractivity contribution in [2.45, 2.75) is 19.4 Å². The molecule has 7 heteroatoms. The predicted octanol–water partition coefficient (Wildman–Crippen LogP) is 4.09. The van der Waals surface area contributed by atoms with Gasteiger partial charge in [-0.3, -0.25) is 4.79 Å². The van der Waals surface area contributed by atoms with Crippen LogP contribution in [0.3, 0.4) is 0 Å². The van der Waals surface area contributed by atoms with Crippen LogP contribution in [-0.2, 0) is 17.8 Å². The number of hydrogen-bond acceptors (Lipinski definition) is 5. The van der Waals surface area contributed by atoms with Crippen molar-refractivity contribution in [1.29, 1.82) is 0 Å². The standard InChI is InChI=1S/C22H23FN2O4/c1-25(14-15-4-9-18(27-2)19(12-15)28-3)22(26)11-10-21-24-13-20(29-21)16-5-7-17(23)8-6-16/h4-9,12-13H,10-11,14H2,1-3H3. The number of rotatable bonds is 8. The highest BCUT2D eigenvalue weighted by atomic mass is 19.1. The van der Waals surface area contributed by atoms with Crippen LogP contribution >= 0.6 is 0 Å². The molecule has 0 aliphatic carbocycles. The Hall–Kier alpha value is -3.35. The third kappa shape index (κ3) is 5.13. The topological polar surface area (TPSA) is 64.8 Å². The summed E-state index contributed by atoms with van der Waals surface area (Å²) >= 11 is 0. The van der Waals surface area contributed by atoms with Crippen molar-refractivity contribution in [1.82, 2.24) is 9.88 Å². The first-order valence-electron chi connectivity index (χ1n) is 9.15. The second-order valence-electron chi connectivity index (χ2n) is 6.56. The molecule has 29 heavy (non-hydrogen) atoms. The van der Waals surface area contributed by atoms with Crippen molar-refractivity contribution in [2.75, 3.05) is 21.3 Å². The Bertz CT molecular complexity index is 969. The smallest absolute Gasteiger partial charge is 0.223 e. The summed E-state index contributed by atoms with van der Waals surface area (Å²) in [4.78, 5) is 18.3. The Morgan fingerprint density at radius 3 is 2.52 bits per heavy atom. The molecule has 0 saturated carbocycles. The first-order valence-corrected chi connectivity index (χ1v) is 9.15. The van der Waals surface area contributed by atoms with Crippen molar-refractivity contribution in [3.63, 3.8) is 0 Å². The minimum atomic E-state index is -0.309. The average molecular weight is 398 g/mol. The predicted molar refractivity (Wildman–Crippen MR) is 106 cm³/mol. The van der Waals surface area contributed by atoms with E-state index in [1.54, 1.807) is 44.5 Å². The fraction of sp³-hybridized carbons (Fsp3) is 0.273. The number of amides is 1. The summed E-state index contributed by atoms with van der Waals surface area (Å²) in [6.07, 6.45) is 2.24. The van der Waals surface area contributed by atoms with E-state index in [9.17, 15) is 9.18 Å². The van der Waals surface area contributed by atoms with Crippen molar-refractivity contribution in [2.24, 2.45) is 0 Å². The largest absolute Gasteiger partial charge is 0.493 e. The summed E-state index contributed by atoms with van der Waals surface area (Å²) in [7, 11) is 4.91. The van der Waals surface area contributed by atoms with Crippen LogP contribution < -0.4 is 9.47 Å². The van der Waals surface area contributed by atoms with Gasteiger partial charge in [0, 0.05) is 32.0 Å². The first kappa shape index (κ1) is 20.4. The molecule has 0 radical (unpaired) electrons. The number of methoxy groups -OCH3 is 2. The quantitative estimate of drug-likeness (QED) is 0.572. The lowest BCUT2D eigenvalue weighted by molar-refractivity contribution is -0.130. The summed E-state index contributed by atoms with van der Waals surface area (Å²) < 4.78 is 29.2. The zero-order valence-electron chi connectivity index (χ0n) is 16.6. The number of benzene rings is 2. The minimum absolute atomic E-state index is 0.0266. The molecule has 0 unspecified atom stereocenters. The average Bonchev–Trinajstić information content (AvgIpc) is 3.21. The highest BCUT2D eigenvalue weighted by Crippen LogP contribution is 2.28. The molecule has 0 aliphatic heterocycles. The molecule has 0 atom stereocenters. The van der Waals surface area contributed by atoms with Crippen LogP contribution in [0.4, 0.5) is 4.39 Å². The molecular weight excluding hydrogens is 375 g/mol.